The van der Waals surface area contributed by atoms with Gasteiger partial charge in [-0.3, -0.25) is 0 Å². The van der Waals surface area contributed by atoms with Gasteiger partial charge in [0.15, 0.2) is 28.5 Å². The molecule has 0 amide bonds. The minimum absolute atomic E-state index is 0.129. The number of hydrogen-bond acceptors (Lipinski definition) is 8. The predicted molar refractivity (Wildman–Crippen MR) is 127 cm³/mol. The second-order valence-corrected chi connectivity index (χ2v) is 7.49. The molecular formula is C23H24ClN5O4. The van der Waals surface area contributed by atoms with Crippen LogP contribution in [0.1, 0.15) is 5.56 Å². The number of rotatable bonds is 8. The van der Waals surface area contributed by atoms with E-state index in [1.807, 2.05) is 52.9 Å². The third-order valence-electron chi connectivity index (χ3n) is 5.27. The Balaban J connectivity index is 1.73. The first-order chi connectivity index (χ1) is 16.0. The fourth-order valence-corrected chi connectivity index (χ4v) is 3.76. The Morgan fingerprint density at radius 3 is 2.15 bits per heavy atom. The zero-order chi connectivity index (χ0) is 23.5. The van der Waals surface area contributed by atoms with E-state index in [0.29, 0.717) is 40.8 Å². The van der Waals surface area contributed by atoms with Crippen LogP contribution in [-0.4, -0.2) is 55.0 Å². The molecule has 0 aliphatic heterocycles. The van der Waals surface area contributed by atoms with Crippen LogP contribution in [0, 0.1) is 0 Å². The SMILES string of the molecule is COc1ccc(N(C)c2nc(Cl)nc3c2ncn3Cc2cc(OC)c(OC)c(OC)c2)cc1. The number of imidazole rings is 1. The Hall–Kier alpha value is -3.72. The van der Waals surface area contributed by atoms with Crippen LogP contribution in [0.25, 0.3) is 11.2 Å². The van der Waals surface area contributed by atoms with Crippen LogP contribution in [-0.2, 0) is 6.54 Å². The van der Waals surface area contributed by atoms with E-state index in [0.717, 1.165) is 17.0 Å². The number of nitrogens with zero attached hydrogens (tertiary/aromatic N) is 5. The summed E-state index contributed by atoms with van der Waals surface area (Å²) in [5.41, 5.74) is 3.07. The van der Waals surface area contributed by atoms with Crippen molar-refractivity contribution in [3.63, 3.8) is 0 Å². The van der Waals surface area contributed by atoms with Gasteiger partial charge in [0.2, 0.25) is 11.0 Å². The number of hydrogen-bond donors (Lipinski definition) is 0. The van der Waals surface area contributed by atoms with Gasteiger partial charge in [-0.2, -0.15) is 9.97 Å². The van der Waals surface area contributed by atoms with Gasteiger partial charge in [-0.25, -0.2) is 4.98 Å². The zero-order valence-corrected chi connectivity index (χ0v) is 19.8. The van der Waals surface area contributed by atoms with Crippen LogP contribution in [0.2, 0.25) is 5.28 Å². The highest BCUT2D eigenvalue weighted by Crippen LogP contribution is 2.38. The van der Waals surface area contributed by atoms with Gasteiger partial charge < -0.3 is 28.4 Å². The highest BCUT2D eigenvalue weighted by atomic mass is 35.5. The lowest BCUT2D eigenvalue weighted by Crippen LogP contribution is -2.13. The van der Waals surface area contributed by atoms with Crippen LogP contribution >= 0.6 is 11.6 Å². The van der Waals surface area contributed by atoms with Crippen LogP contribution in [0.5, 0.6) is 23.0 Å². The first-order valence-electron chi connectivity index (χ1n) is 10.0. The quantitative estimate of drug-likeness (QED) is 0.352. The maximum Gasteiger partial charge on any atom is 0.226 e. The van der Waals surface area contributed by atoms with Crippen molar-refractivity contribution in [2.24, 2.45) is 0 Å². The molecule has 0 aliphatic rings. The lowest BCUT2D eigenvalue weighted by atomic mass is 10.1. The van der Waals surface area contributed by atoms with E-state index in [2.05, 4.69) is 15.0 Å². The summed E-state index contributed by atoms with van der Waals surface area (Å²) >= 11 is 6.30. The molecule has 0 atom stereocenters. The van der Waals surface area contributed by atoms with Gasteiger partial charge in [-0.15, -0.1) is 0 Å². The summed E-state index contributed by atoms with van der Waals surface area (Å²) in [6.45, 7) is 0.465. The number of benzene rings is 2. The van der Waals surface area contributed by atoms with Crippen LogP contribution in [0.4, 0.5) is 11.5 Å². The van der Waals surface area contributed by atoms with Gasteiger partial charge in [-0.1, -0.05) is 0 Å². The van der Waals surface area contributed by atoms with E-state index in [-0.39, 0.29) is 5.28 Å². The van der Waals surface area contributed by atoms with E-state index >= 15 is 0 Å². The molecule has 9 nitrogen and oxygen atoms in total. The molecule has 4 aromatic rings. The summed E-state index contributed by atoms with van der Waals surface area (Å²) < 4.78 is 23.5. The summed E-state index contributed by atoms with van der Waals surface area (Å²) in [5, 5.41) is 0.129. The third-order valence-corrected chi connectivity index (χ3v) is 5.44. The van der Waals surface area contributed by atoms with Crippen molar-refractivity contribution in [2.75, 3.05) is 40.4 Å². The van der Waals surface area contributed by atoms with E-state index < -0.39 is 0 Å². The molecule has 2 aromatic carbocycles. The number of methoxy groups -OCH3 is 4. The Morgan fingerprint density at radius 2 is 1.58 bits per heavy atom. The van der Waals surface area contributed by atoms with Gasteiger partial charge in [0.1, 0.15) is 5.75 Å². The summed E-state index contributed by atoms with van der Waals surface area (Å²) in [6.07, 6.45) is 1.71. The zero-order valence-electron chi connectivity index (χ0n) is 19.0. The van der Waals surface area contributed by atoms with Gasteiger partial charge in [-0.05, 0) is 53.6 Å². The average Bonchev–Trinajstić information content (AvgIpc) is 3.24. The maximum atomic E-state index is 6.30. The number of aromatic nitrogens is 4. The minimum Gasteiger partial charge on any atom is -0.497 e. The molecule has 2 aromatic heterocycles. The molecular weight excluding hydrogens is 446 g/mol. The van der Waals surface area contributed by atoms with Gasteiger partial charge in [0.25, 0.3) is 0 Å². The molecule has 4 rings (SSSR count). The molecule has 2 heterocycles. The minimum atomic E-state index is 0.129. The van der Waals surface area contributed by atoms with Crippen molar-refractivity contribution in [3.8, 4) is 23.0 Å². The van der Waals surface area contributed by atoms with Gasteiger partial charge in [0.05, 0.1) is 41.3 Å². The van der Waals surface area contributed by atoms with Crippen LogP contribution in [0.15, 0.2) is 42.7 Å². The van der Waals surface area contributed by atoms with Crippen molar-refractivity contribution in [2.45, 2.75) is 6.54 Å². The molecule has 0 saturated carbocycles. The Labute approximate surface area is 196 Å². The van der Waals surface area contributed by atoms with E-state index in [9.17, 15) is 0 Å². The topological polar surface area (TPSA) is 83.8 Å². The molecule has 0 N–H and O–H groups in total. The molecule has 0 spiro atoms. The normalized spacial score (nSPS) is 10.8. The largest absolute Gasteiger partial charge is 0.497 e. The molecule has 0 bridgehead atoms. The summed E-state index contributed by atoms with van der Waals surface area (Å²) in [6, 6.07) is 11.4. The smallest absolute Gasteiger partial charge is 0.226 e. The number of ether oxygens (including phenoxy) is 4. The first kappa shape index (κ1) is 22.5. The molecule has 0 radical (unpaired) electrons. The lowest BCUT2D eigenvalue weighted by Gasteiger charge is -2.19. The van der Waals surface area contributed by atoms with Gasteiger partial charge >= 0.3 is 0 Å². The first-order valence-corrected chi connectivity index (χ1v) is 10.4. The van der Waals surface area contributed by atoms with Crippen molar-refractivity contribution < 1.29 is 18.9 Å². The number of anilines is 2. The molecule has 33 heavy (non-hydrogen) atoms. The van der Waals surface area contributed by atoms with Crippen LogP contribution < -0.4 is 23.8 Å². The predicted octanol–water partition coefficient (Wildman–Crippen LogP) is 4.33. The van der Waals surface area contributed by atoms with E-state index in [1.165, 1.54) is 0 Å². The van der Waals surface area contributed by atoms with E-state index in [1.54, 1.807) is 34.8 Å². The summed E-state index contributed by atoms with van der Waals surface area (Å²) in [7, 11) is 8.28. The second kappa shape index (κ2) is 9.41. The molecule has 0 fully saturated rings. The molecule has 0 aliphatic carbocycles. The molecule has 0 saturated heterocycles. The maximum absolute atomic E-state index is 6.30. The van der Waals surface area contributed by atoms with Crippen molar-refractivity contribution in [3.05, 3.63) is 53.6 Å². The second-order valence-electron chi connectivity index (χ2n) is 7.15. The summed E-state index contributed by atoms with van der Waals surface area (Å²) in [5.74, 6) is 3.05. The standard InChI is InChI=1S/C23H24ClN5O4/c1-28(15-6-8-16(30-2)9-7-15)21-19-22(27-23(24)26-21)29(13-25-19)12-14-10-17(31-3)20(33-5)18(11-14)32-4/h6-11,13H,12H2,1-5H3. The summed E-state index contributed by atoms with van der Waals surface area (Å²) in [4.78, 5) is 15.4. The van der Waals surface area contributed by atoms with Crippen LogP contribution in [0.3, 0.4) is 0 Å². The Bertz CT molecular complexity index is 1250. The average molecular weight is 470 g/mol. The van der Waals surface area contributed by atoms with Gasteiger partial charge in [0, 0.05) is 12.7 Å². The van der Waals surface area contributed by atoms with Crippen molar-refractivity contribution in [1.82, 2.24) is 19.5 Å². The Kier molecular flexibility index (Phi) is 6.41. The highest BCUT2D eigenvalue weighted by Gasteiger charge is 2.19. The molecule has 172 valence electrons. The Morgan fingerprint density at radius 1 is 0.909 bits per heavy atom. The number of fused-ring (bicyclic) bond motifs is 1. The fraction of sp³-hybridized carbons (Fsp3) is 0.261. The van der Waals surface area contributed by atoms with Crippen molar-refractivity contribution >= 4 is 34.3 Å². The molecule has 10 heteroatoms. The molecule has 0 unspecified atom stereocenters. The highest BCUT2D eigenvalue weighted by molar-refractivity contribution is 6.28. The lowest BCUT2D eigenvalue weighted by molar-refractivity contribution is 0.323. The van der Waals surface area contributed by atoms with E-state index in [4.69, 9.17) is 30.5 Å². The monoisotopic (exact) mass is 469 g/mol. The number of halogens is 1. The fourth-order valence-electron chi connectivity index (χ4n) is 3.60. The van der Waals surface area contributed by atoms with Crippen molar-refractivity contribution in [1.29, 1.82) is 0 Å². The third kappa shape index (κ3) is 4.31.